The predicted octanol–water partition coefficient (Wildman–Crippen LogP) is 3.91. The molecule has 1 saturated carbocycles. The van der Waals surface area contributed by atoms with Crippen LogP contribution in [-0.2, 0) is 16.0 Å². The minimum absolute atomic E-state index is 0.00466. The number of carbonyl (C=O) groups is 2. The summed E-state index contributed by atoms with van der Waals surface area (Å²) in [6.07, 6.45) is 2.72. The van der Waals surface area contributed by atoms with Gasteiger partial charge in [0.2, 0.25) is 11.8 Å². The molecule has 0 saturated heterocycles. The summed E-state index contributed by atoms with van der Waals surface area (Å²) >= 11 is 1.73. The summed E-state index contributed by atoms with van der Waals surface area (Å²) < 4.78 is 11.4. The van der Waals surface area contributed by atoms with Crippen LogP contribution < -0.4 is 9.47 Å². The molecule has 0 bridgehead atoms. The molecule has 1 aromatic heterocycles. The summed E-state index contributed by atoms with van der Waals surface area (Å²) in [7, 11) is 1.63. The highest BCUT2D eigenvalue weighted by Crippen LogP contribution is 2.35. The van der Waals surface area contributed by atoms with E-state index in [1.165, 1.54) is 4.88 Å². The van der Waals surface area contributed by atoms with E-state index in [-0.39, 0.29) is 36.4 Å². The Morgan fingerprint density at radius 1 is 1.23 bits per heavy atom. The molecule has 2 aromatic rings. The standard InChI is InChI=1S/C24H30N2O4S/c1-16(2)26(24(28)17-7-8-17)14-23(27)25-11-9-22-20(10-12-31-22)21(25)15-30-19-6-4-5-18(13-19)29-3/h4-6,10,12-13,16-17,21H,7-9,11,14-15H2,1-3H3/t21-/m0/s1. The van der Waals surface area contributed by atoms with Crippen LogP contribution in [0.1, 0.15) is 43.2 Å². The van der Waals surface area contributed by atoms with Gasteiger partial charge in [-0.2, -0.15) is 0 Å². The van der Waals surface area contributed by atoms with Crippen LogP contribution in [0.15, 0.2) is 35.7 Å². The molecule has 2 amide bonds. The Morgan fingerprint density at radius 3 is 2.71 bits per heavy atom. The van der Waals surface area contributed by atoms with Crippen LogP contribution in [0.4, 0.5) is 0 Å². The van der Waals surface area contributed by atoms with Gasteiger partial charge in [-0.3, -0.25) is 9.59 Å². The lowest BCUT2D eigenvalue weighted by molar-refractivity contribution is -0.144. The SMILES string of the molecule is COc1cccc(OC[C@H]2c3ccsc3CCN2C(=O)CN(C(=O)C2CC2)C(C)C)c1. The first kappa shape index (κ1) is 21.7. The Kier molecular flexibility index (Phi) is 6.51. The number of carbonyl (C=O) groups excluding carboxylic acids is 2. The van der Waals surface area contributed by atoms with Gasteiger partial charge in [-0.05, 0) is 62.3 Å². The van der Waals surface area contributed by atoms with Gasteiger partial charge in [-0.1, -0.05) is 6.07 Å². The zero-order chi connectivity index (χ0) is 22.0. The summed E-state index contributed by atoms with van der Waals surface area (Å²) in [6.45, 7) is 5.08. The third-order valence-corrected chi connectivity index (χ3v) is 7.00. The maximum atomic E-state index is 13.4. The lowest BCUT2D eigenvalue weighted by Crippen LogP contribution is -2.49. The Labute approximate surface area is 187 Å². The number of nitrogens with zero attached hydrogens (tertiary/aromatic N) is 2. The van der Waals surface area contributed by atoms with E-state index in [4.69, 9.17) is 9.47 Å². The smallest absolute Gasteiger partial charge is 0.242 e. The second kappa shape index (κ2) is 9.30. The van der Waals surface area contributed by atoms with Crippen molar-refractivity contribution in [2.45, 2.75) is 45.2 Å². The first-order valence-corrected chi connectivity index (χ1v) is 11.8. The van der Waals surface area contributed by atoms with Gasteiger partial charge in [0.1, 0.15) is 24.7 Å². The number of ether oxygens (including phenoxy) is 2. The van der Waals surface area contributed by atoms with E-state index in [1.807, 2.05) is 43.0 Å². The first-order chi connectivity index (χ1) is 15.0. The van der Waals surface area contributed by atoms with Crippen LogP contribution in [0.5, 0.6) is 11.5 Å². The number of benzene rings is 1. The summed E-state index contributed by atoms with van der Waals surface area (Å²) in [5, 5.41) is 2.08. The molecule has 2 aliphatic rings. The van der Waals surface area contributed by atoms with Gasteiger partial charge in [0.05, 0.1) is 13.2 Å². The van der Waals surface area contributed by atoms with E-state index in [0.29, 0.717) is 18.9 Å². The van der Waals surface area contributed by atoms with Gasteiger partial charge in [0, 0.05) is 29.4 Å². The van der Waals surface area contributed by atoms with E-state index < -0.39 is 0 Å². The van der Waals surface area contributed by atoms with Crippen molar-refractivity contribution < 1.29 is 19.1 Å². The lowest BCUT2D eigenvalue weighted by atomic mass is 10.00. The molecule has 166 valence electrons. The number of rotatable bonds is 8. The van der Waals surface area contributed by atoms with Gasteiger partial charge in [-0.25, -0.2) is 0 Å². The first-order valence-electron chi connectivity index (χ1n) is 10.9. The molecule has 1 aliphatic heterocycles. The largest absolute Gasteiger partial charge is 0.497 e. The monoisotopic (exact) mass is 442 g/mol. The average Bonchev–Trinajstić information content (AvgIpc) is 3.51. The van der Waals surface area contributed by atoms with Crippen molar-refractivity contribution in [3.8, 4) is 11.5 Å². The molecule has 7 heteroatoms. The number of hydrogen-bond donors (Lipinski definition) is 0. The van der Waals surface area contributed by atoms with Crippen LogP contribution in [0, 0.1) is 5.92 Å². The molecule has 1 fully saturated rings. The second-order valence-corrected chi connectivity index (χ2v) is 9.48. The Bertz CT molecular complexity index is 937. The van der Waals surface area contributed by atoms with E-state index in [0.717, 1.165) is 30.6 Å². The van der Waals surface area contributed by atoms with Gasteiger partial charge < -0.3 is 19.3 Å². The quantitative estimate of drug-likeness (QED) is 0.622. The Balaban J connectivity index is 1.50. The third-order valence-electron chi connectivity index (χ3n) is 6.00. The number of amides is 2. The summed E-state index contributed by atoms with van der Waals surface area (Å²) in [5.74, 6) is 1.64. The van der Waals surface area contributed by atoms with E-state index in [1.54, 1.807) is 23.3 Å². The molecule has 0 N–H and O–H groups in total. The predicted molar refractivity (Wildman–Crippen MR) is 121 cm³/mol. The summed E-state index contributed by atoms with van der Waals surface area (Å²) in [4.78, 5) is 31.0. The zero-order valence-corrected chi connectivity index (χ0v) is 19.2. The normalized spacial score (nSPS) is 17.9. The highest BCUT2D eigenvalue weighted by molar-refractivity contribution is 7.10. The highest BCUT2D eigenvalue weighted by Gasteiger charge is 2.38. The fraction of sp³-hybridized carbons (Fsp3) is 0.500. The molecule has 6 nitrogen and oxygen atoms in total. The van der Waals surface area contributed by atoms with Gasteiger partial charge in [-0.15, -0.1) is 11.3 Å². The molecule has 31 heavy (non-hydrogen) atoms. The van der Waals surface area contributed by atoms with E-state index in [9.17, 15) is 9.59 Å². The maximum absolute atomic E-state index is 13.4. The minimum Gasteiger partial charge on any atom is -0.497 e. The fourth-order valence-corrected chi connectivity index (χ4v) is 4.99. The molecular formula is C24H30N2O4S. The van der Waals surface area contributed by atoms with Crippen molar-refractivity contribution in [2.24, 2.45) is 5.92 Å². The van der Waals surface area contributed by atoms with Crippen LogP contribution >= 0.6 is 11.3 Å². The maximum Gasteiger partial charge on any atom is 0.242 e. The number of fused-ring (bicyclic) bond motifs is 1. The molecular weight excluding hydrogens is 412 g/mol. The molecule has 1 aromatic carbocycles. The molecule has 0 spiro atoms. The minimum atomic E-state index is -0.168. The second-order valence-electron chi connectivity index (χ2n) is 8.48. The topological polar surface area (TPSA) is 59.1 Å². The van der Waals surface area contributed by atoms with Crippen molar-refractivity contribution in [3.05, 3.63) is 46.2 Å². The molecule has 0 unspecified atom stereocenters. The average molecular weight is 443 g/mol. The molecule has 1 aliphatic carbocycles. The van der Waals surface area contributed by atoms with Gasteiger partial charge >= 0.3 is 0 Å². The number of hydrogen-bond acceptors (Lipinski definition) is 5. The highest BCUT2D eigenvalue weighted by atomic mass is 32.1. The Morgan fingerprint density at radius 2 is 2.00 bits per heavy atom. The molecule has 0 radical (unpaired) electrons. The van der Waals surface area contributed by atoms with Crippen molar-refractivity contribution >= 4 is 23.2 Å². The van der Waals surface area contributed by atoms with E-state index >= 15 is 0 Å². The van der Waals surface area contributed by atoms with E-state index in [2.05, 4.69) is 11.4 Å². The summed E-state index contributed by atoms with van der Waals surface area (Å²) in [5.41, 5.74) is 1.15. The fourth-order valence-electron chi connectivity index (χ4n) is 4.06. The van der Waals surface area contributed by atoms with Crippen LogP contribution in [-0.4, -0.2) is 54.5 Å². The molecule has 4 rings (SSSR count). The van der Waals surface area contributed by atoms with Crippen LogP contribution in [0.2, 0.25) is 0 Å². The van der Waals surface area contributed by atoms with Gasteiger partial charge in [0.25, 0.3) is 0 Å². The van der Waals surface area contributed by atoms with Crippen LogP contribution in [0.3, 0.4) is 0 Å². The van der Waals surface area contributed by atoms with Gasteiger partial charge in [0.15, 0.2) is 0 Å². The zero-order valence-electron chi connectivity index (χ0n) is 18.4. The van der Waals surface area contributed by atoms with Crippen molar-refractivity contribution in [3.63, 3.8) is 0 Å². The number of methoxy groups -OCH3 is 1. The lowest BCUT2D eigenvalue weighted by Gasteiger charge is -2.37. The number of thiophene rings is 1. The van der Waals surface area contributed by atoms with Crippen molar-refractivity contribution in [1.29, 1.82) is 0 Å². The molecule has 2 heterocycles. The van der Waals surface area contributed by atoms with Crippen molar-refractivity contribution in [1.82, 2.24) is 9.80 Å². The summed E-state index contributed by atoms with van der Waals surface area (Å²) in [6, 6.07) is 9.42. The Hall–Kier alpha value is -2.54. The van der Waals surface area contributed by atoms with Crippen LogP contribution in [0.25, 0.3) is 0 Å². The molecule has 1 atom stereocenters. The third kappa shape index (κ3) is 4.87. The van der Waals surface area contributed by atoms with Crippen molar-refractivity contribution in [2.75, 3.05) is 26.8 Å².